The van der Waals surface area contributed by atoms with E-state index in [0.29, 0.717) is 11.5 Å². The first-order chi connectivity index (χ1) is 16.4. The quantitative estimate of drug-likeness (QED) is 0.261. The summed E-state index contributed by atoms with van der Waals surface area (Å²) in [5.41, 5.74) is 0. The van der Waals surface area contributed by atoms with E-state index in [-0.39, 0.29) is 13.0 Å². The number of aliphatic hydroxyl groups excluding tert-OH is 5. The van der Waals surface area contributed by atoms with Crippen molar-refractivity contribution in [2.24, 2.45) is 0 Å². The Kier molecular flexibility index (Phi) is 9.11. The molecule has 0 saturated carbocycles. The van der Waals surface area contributed by atoms with E-state index in [0.717, 1.165) is 0 Å². The van der Waals surface area contributed by atoms with Gasteiger partial charge in [0.25, 0.3) is 0 Å². The van der Waals surface area contributed by atoms with Gasteiger partial charge in [-0.15, -0.1) is 0 Å². The molecule has 0 saturated heterocycles. The van der Waals surface area contributed by atoms with Crippen LogP contribution in [0.2, 0.25) is 0 Å². The lowest BCUT2D eigenvalue weighted by Crippen LogP contribution is -2.42. The highest BCUT2D eigenvalue weighted by Gasteiger charge is 2.43. The molecule has 10 nitrogen and oxygen atoms in total. The summed E-state index contributed by atoms with van der Waals surface area (Å²) in [7, 11) is 0. The zero-order valence-corrected chi connectivity index (χ0v) is 18.3. The zero-order chi connectivity index (χ0) is 24.5. The summed E-state index contributed by atoms with van der Waals surface area (Å²) >= 11 is 0. The standard InChI is InChI=1S/C24H28O10/c25-12-18(28)22-23(21(29)24(30)34-22)33-19(20(13-26)32-17-9-5-2-6-10-17)11-15(27)14-31-16-7-3-1-4-8-16/h1-10,15,18-20,22,25-29H,11-14H2/t15?,18-,19?,20?,22+/m0/s1. The average molecular weight is 476 g/mol. The van der Waals surface area contributed by atoms with E-state index in [2.05, 4.69) is 0 Å². The summed E-state index contributed by atoms with van der Waals surface area (Å²) in [6, 6.07) is 17.4. The molecule has 1 heterocycles. The summed E-state index contributed by atoms with van der Waals surface area (Å²) in [4.78, 5) is 11.9. The van der Waals surface area contributed by atoms with Gasteiger partial charge in [0, 0.05) is 6.42 Å². The van der Waals surface area contributed by atoms with Gasteiger partial charge in [-0.1, -0.05) is 36.4 Å². The Hall–Kier alpha value is -3.31. The Balaban J connectivity index is 1.79. The van der Waals surface area contributed by atoms with Crippen molar-refractivity contribution < 1.29 is 49.3 Å². The molecule has 10 heteroatoms. The molecule has 1 aliphatic rings. The second kappa shape index (κ2) is 12.2. The van der Waals surface area contributed by atoms with E-state index >= 15 is 0 Å². The second-order valence-electron chi connectivity index (χ2n) is 7.61. The predicted molar refractivity (Wildman–Crippen MR) is 118 cm³/mol. The number of carbonyl (C=O) groups is 1. The second-order valence-corrected chi connectivity index (χ2v) is 7.61. The minimum absolute atomic E-state index is 0.115. The van der Waals surface area contributed by atoms with Gasteiger partial charge in [0.2, 0.25) is 5.76 Å². The zero-order valence-electron chi connectivity index (χ0n) is 18.3. The maximum Gasteiger partial charge on any atom is 0.378 e. The third kappa shape index (κ3) is 6.61. The van der Waals surface area contributed by atoms with Crippen LogP contribution in [0.15, 0.2) is 72.2 Å². The third-order valence-electron chi connectivity index (χ3n) is 5.05. The number of rotatable bonds is 13. The smallest absolute Gasteiger partial charge is 0.378 e. The lowest BCUT2D eigenvalue weighted by Gasteiger charge is -2.30. The van der Waals surface area contributed by atoms with Crippen molar-refractivity contribution in [2.75, 3.05) is 19.8 Å². The van der Waals surface area contributed by atoms with Gasteiger partial charge in [0.1, 0.15) is 30.3 Å². The molecule has 0 bridgehead atoms. The topological polar surface area (TPSA) is 155 Å². The molecule has 0 amide bonds. The number of benzene rings is 2. The molecule has 3 unspecified atom stereocenters. The fourth-order valence-corrected chi connectivity index (χ4v) is 3.32. The van der Waals surface area contributed by atoms with Crippen LogP contribution in [0.3, 0.4) is 0 Å². The van der Waals surface area contributed by atoms with Crippen LogP contribution in [0.5, 0.6) is 11.5 Å². The number of ether oxygens (including phenoxy) is 4. The molecule has 184 valence electrons. The number of carbonyl (C=O) groups excluding carboxylic acids is 1. The summed E-state index contributed by atoms with van der Waals surface area (Å²) in [6.07, 6.45) is -6.42. The van der Waals surface area contributed by atoms with Crippen molar-refractivity contribution in [1.29, 1.82) is 0 Å². The molecule has 34 heavy (non-hydrogen) atoms. The third-order valence-corrected chi connectivity index (χ3v) is 5.05. The largest absolute Gasteiger partial charge is 0.499 e. The van der Waals surface area contributed by atoms with E-state index in [1.54, 1.807) is 54.6 Å². The van der Waals surface area contributed by atoms with Crippen LogP contribution in [0.25, 0.3) is 0 Å². The van der Waals surface area contributed by atoms with Crippen molar-refractivity contribution in [2.45, 2.75) is 36.9 Å². The summed E-state index contributed by atoms with van der Waals surface area (Å²) < 4.78 is 22.1. The molecule has 0 aromatic heterocycles. The highest BCUT2D eigenvalue weighted by atomic mass is 16.6. The van der Waals surface area contributed by atoms with Crippen LogP contribution < -0.4 is 9.47 Å². The molecule has 3 rings (SSSR count). The Labute approximate surface area is 196 Å². The monoisotopic (exact) mass is 476 g/mol. The molecule has 0 spiro atoms. The van der Waals surface area contributed by atoms with Crippen LogP contribution in [-0.2, 0) is 14.3 Å². The fraction of sp³-hybridized carbons (Fsp3) is 0.375. The minimum Gasteiger partial charge on any atom is -0.499 e. The lowest BCUT2D eigenvalue weighted by molar-refractivity contribution is -0.149. The van der Waals surface area contributed by atoms with Crippen molar-refractivity contribution in [3.05, 3.63) is 72.2 Å². The van der Waals surface area contributed by atoms with Crippen molar-refractivity contribution in [3.8, 4) is 11.5 Å². The predicted octanol–water partition coefficient (Wildman–Crippen LogP) is 0.690. The molecule has 2 aromatic carbocycles. The van der Waals surface area contributed by atoms with Crippen molar-refractivity contribution >= 4 is 5.97 Å². The molecule has 2 aromatic rings. The maximum atomic E-state index is 11.9. The van der Waals surface area contributed by atoms with Gasteiger partial charge in [0.15, 0.2) is 18.0 Å². The molecule has 5 N–H and O–H groups in total. The lowest BCUT2D eigenvalue weighted by atomic mass is 10.1. The highest BCUT2D eigenvalue weighted by Crippen LogP contribution is 2.29. The van der Waals surface area contributed by atoms with E-state index in [9.17, 15) is 30.3 Å². The van der Waals surface area contributed by atoms with Crippen LogP contribution >= 0.6 is 0 Å². The maximum absolute atomic E-state index is 11.9. The number of cyclic esters (lactones) is 1. The Morgan fingerprint density at radius 3 is 2.06 bits per heavy atom. The van der Waals surface area contributed by atoms with E-state index in [4.69, 9.17) is 18.9 Å². The molecular weight excluding hydrogens is 448 g/mol. The molecule has 0 aliphatic carbocycles. The molecule has 1 aliphatic heterocycles. The fourth-order valence-electron chi connectivity index (χ4n) is 3.32. The first kappa shape index (κ1) is 25.3. The number of esters is 1. The molecule has 0 fully saturated rings. The van der Waals surface area contributed by atoms with Gasteiger partial charge < -0.3 is 44.5 Å². The van der Waals surface area contributed by atoms with Crippen LogP contribution in [0.4, 0.5) is 0 Å². The van der Waals surface area contributed by atoms with Crippen LogP contribution in [0, 0.1) is 0 Å². The number of hydrogen-bond donors (Lipinski definition) is 5. The summed E-state index contributed by atoms with van der Waals surface area (Å²) in [5.74, 6) is -1.49. The van der Waals surface area contributed by atoms with Gasteiger partial charge >= 0.3 is 5.97 Å². The summed E-state index contributed by atoms with van der Waals surface area (Å²) in [5, 5.41) is 50.0. The molecule has 5 atom stereocenters. The number of para-hydroxylation sites is 2. The first-order valence-corrected chi connectivity index (χ1v) is 10.7. The Bertz CT molecular complexity index is 933. The van der Waals surface area contributed by atoms with Gasteiger partial charge in [-0.25, -0.2) is 4.79 Å². The van der Waals surface area contributed by atoms with Crippen molar-refractivity contribution in [3.63, 3.8) is 0 Å². The van der Waals surface area contributed by atoms with E-state index in [1.807, 2.05) is 6.07 Å². The highest BCUT2D eigenvalue weighted by molar-refractivity contribution is 5.89. The van der Waals surface area contributed by atoms with E-state index < -0.39 is 61.2 Å². The average Bonchev–Trinajstić information content (AvgIpc) is 3.15. The van der Waals surface area contributed by atoms with E-state index in [1.165, 1.54) is 0 Å². The molecule has 0 radical (unpaired) electrons. The van der Waals surface area contributed by atoms with Crippen LogP contribution in [-0.4, -0.2) is 81.8 Å². The SMILES string of the molecule is O=C1O[C@H]([C@@H](O)CO)C(OC(CC(O)COc2ccccc2)C(CO)Oc2ccccc2)=C1O. The van der Waals surface area contributed by atoms with Gasteiger partial charge in [0.05, 0.1) is 19.3 Å². The van der Waals surface area contributed by atoms with Gasteiger partial charge in [-0.05, 0) is 24.3 Å². The van der Waals surface area contributed by atoms with Gasteiger partial charge in [-0.3, -0.25) is 0 Å². The first-order valence-electron chi connectivity index (χ1n) is 10.7. The van der Waals surface area contributed by atoms with Gasteiger partial charge in [-0.2, -0.15) is 0 Å². The minimum atomic E-state index is -1.56. The molecular formula is C24H28O10. The number of aliphatic hydroxyl groups is 5. The van der Waals surface area contributed by atoms with Crippen molar-refractivity contribution in [1.82, 2.24) is 0 Å². The number of hydrogen-bond acceptors (Lipinski definition) is 10. The normalized spacial score (nSPS) is 19.2. The summed E-state index contributed by atoms with van der Waals surface area (Å²) in [6.45, 7) is -1.42. The Morgan fingerprint density at radius 2 is 1.47 bits per heavy atom. The Morgan fingerprint density at radius 1 is 0.853 bits per heavy atom. The van der Waals surface area contributed by atoms with Crippen LogP contribution in [0.1, 0.15) is 6.42 Å².